The van der Waals surface area contributed by atoms with Crippen LogP contribution in [0.1, 0.15) is 6.42 Å². The second-order valence-electron chi connectivity index (χ2n) is 1.39. The lowest BCUT2D eigenvalue weighted by Crippen LogP contribution is -2.24. The first kappa shape index (κ1) is 5.39. The Balaban J connectivity index is 2.23. The predicted molar refractivity (Wildman–Crippen MR) is 36.2 cm³/mol. The highest BCUT2D eigenvalue weighted by molar-refractivity contribution is 14.1. The van der Waals surface area contributed by atoms with E-state index < -0.39 is 0 Å². The van der Waals surface area contributed by atoms with Crippen molar-refractivity contribution in [1.82, 2.24) is 0 Å². The van der Waals surface area contributed by atoms with Crippen LogP contribution in [0.4, 0.5) is 0 Å². The van der Waals surface area contributed by atoms with Gasteiger partial charge in [-0.25, -0.2) is 0 Å². The van der Waals surface area contributed by atoms with E-state index in [1.165, 1.54) is 0 Å². The molecule has 0 aromatic rings. The Morgan fingerprint density at radius 1 is 1.71 bits per heavy atom. The molecule has 0 aliphatic carbocycles. The van der Waals surface area contributed by atoms with Gasteiger partial charge in [-0.15, -0.1) is 0 Å². The predicted octanol–water partition coefficient (Wildman–Crippen LogP) is 1.17. The summed E-state index contributed by atoms with van der Waals surface area (Å²) in [6.45, 7) is 0.899. The molecule has 2 heteroatoms. The van der Waals surface area contributed by atoms with Gasteiger partial charge in [-0.1, -0.05) is 5.92 Å². The van der Waals surface area contributed by atoms with E-state index in [0.717, 1.165) is 13.0 Å². The van der Waals surface area contributed by atoms with Crippen LogP contribution in [0.3, 0.4) is 0 Å². The first-order chi connectivity index (χ1) is 3.43. The molecule has 1 atom stereocenters. The van der Waals surface area contributed by atoms with Crippen LogP contribution >= 0.6 is 22.6 Å². The molecular weight excluding hydrogens is 203 g/mol. The summed E-state index contributed by atoms with van der Waals surface area (Å²) in [6.07, 6.45) is 1.38. The number of ether oxygens (including phenoxy) is 1. The van der Waals surface area contributed by atoms with Gasteiger partial charge in [0.2, 0.25) is 0 Å². The molecule has 1 nitrogen and oxygen atoms in total. The highest BCUT2D eigenvalue weighted by atomic mass is 127. The number of hydrogen-bond acceptors (Lipinski definition) is 1. The van der Waals surface area contributed by atoms with Crippen LogP contribution < -0.4 is 0 Å². The average molecular weight is 208 g/mol. The molecule has 7 heavy (non-hydrogen) atoms. The number of halogens is 1. The third-order valence-corrected chi connectivity index (χ3v) is 1.23. The molecule has 0 spiro atoms. The van der Waals surface area contributed by atoms with Crippen LogP contribution in [-0.2, 0) is 4.74 Å². The fraction of sp³-hybridized carbons (Fsp3) is 0.600. The lowest BCUT2D eigenvalue weighted by molar-refractivity contribution is -0.0121. The lowest BCUT2D eigenvalue weighted by Gasteiger charge is -2.19. The van der Waals surface area contributed by atoms with E-state index in [1.807, 2.05) is 22.6 Å². The van der Waals surface area contributed by atoms with E-state index >= 15 is 0 Å². The van der Waals surface area contributed by atoms with Gasteiger partial charge in [-0.3, -0.25) is 0 Å². The first-order valence-corrected chi connectivity index (χ1v) is 3.24. The normalized spacial score (nSPS) is 27.3. The van der Waals surface area contributed by atoms with Crippen molar-refractivity contribution in [3.8, 4) is 9.85 Å². The van der Waals surface area contributed by atoms with Gasteiger partial charge in [-0.05, 0) is 3.93 Å². The Morgan fingerprint density at radius 2 is 2.43 bits per heavy atom. The highest BCUT2D eigenvalue weighted by Gasteiger charge is 2.13. The first-order valence-electron chi connectivity index (χ1n) is 2.16. The maximum Gasteiger partial charge on any atom is 0.121 e. The molecule has 38 valence electrons. The molecule has 1 unspecified atom stereocenters. The van der Waals surface area contributed by atoms with E-state index in [0.29, 0.717) is 0 Å². The fourth-order valence-electron chi connectivity index (χ4n) is 0.410. The third kappa shape index (κ3) is 1.32. The lowest BCUT2D eigenvalue weighted by atomic mass is 10.2. The van der Waals surface area contributed by atoms with E-state index in [4.69, 9.17) is 4.74 Å². The van der Waals surface area contributed by atoms with Crippen molar-refractivity contribution in [3.05, 3.63) is 0 Å². The summed E-state index contributed by atoms with van der Waals surface area (Å²) in [7, 11) is 0. The van der Waals surface area contributed by atoms with Gasteiger partial charge < -0.3 is 4.74 Å². The largest absolute Gasteiger partial charge is 0.365 e. The summed E-state index contributed by atoms with van der Waals surface area (Å²) in [4.78, 5) is 0. The van der Waals surface area contributed by atoms with Gasteiger partial charge in [0.25, 0.3) is 0 Å². The maximum absolute atomic E-state index is 4.99. The Bertz CT molecular complexity index is 107. The number of rotatable bonds is 0. The molecule has 0 N–H and O–H groups in total. The van der Waals surface area contributed by atoms with Crippen LogP contribution in [0.15, 0.2) is 0 Å². The van der Waals surface area contributed by atoms with Gasteiger partial charge in [0.05, 0.1) is 6.61 Å². The van der Waals surface area contributed by atoms with Crippen molar-refractivity contribution in [1.29, 1.82) is 0 Å². The van der Waals surface area contributed by atoms with Crippen LogP contribution in [-0.4, -0.2) is 12.7 Å². The second kappa shape index (κ2) is 2.53. The Labute approximate surface area is 56.6 Å². The van der Waals surface area contributed by atoms with Crippen LogP contribution in [0.25, 0.3) is 0 Å². The van der Waals surface area contributed by atoms with Gasteiger partial charge in [-0.2, -0.15) is 0 Å². The molecule has 0 bridgehead atoms. The topological polar surface area (TPSA) is 9.23 Å². The molecule has 0 aromatic carbocycles. The highest BCUT2D eigenvalue weighted by Crippen LogP contribution is 2.08. The standard InChI is InChI=1S/C5H5IO/c6-3-1-5-2-4-7-5/h5H,2,4H2. The molecule has 1 aliphatic rings. The van der Waals surface area contributed by atoms with Gasteiger partial charge in [0, 0.05) is 29.0 Å². The van der Waals surface area contributed by atoms with Crippen molar-refractivity contribution in [2.45, 2.75) is 12.5 Å². The minimum absolute atomic E-state index is 0.261. The van der Waals surface area contributed by atoms with Crippen LogP contribution in [0, 0.1) is 9.85 Å². The van der Waals surface area contributed by atoms with Crippen molar-refractivity contribution < 1.29 is 4.74 Å². The quantitative estimate of drug-likeness (QED) is 0.429. The Hall–Kier alpha value is 0.250. The minimum atomic E-state index is 0.261. The van der Waals surface area contributed by atoms with E-state index in [1.54, 1.807) is 0 Å². The molecule has 0 amide bonds. The zero-order valence-electron chi connectivity index (χ0n) is 3.78. The van der Waals surface area contributed by atoms with E-state index in [9.17, 15) is 0 Å². The third-order valence-electron chi connectivity index (χ3n) is 0.915. The molecule has 1 saturated heterocycles. The summed E-state index contributed by atoms with van der Waals surface area (Å²) in [6, 6.07) is 0. The van der Waals surface area contributed by atoms with E-state index in [2.05, 4.69) is 9.85 Å². The summed E-state index contributed by atoms with van der Waals surface area (Å²) >= 11 is 2.02. The second-order valence-corrected chi connectivity index (χ2v) is 1.93. The molecule has 0 radical (unpaired) electrons. The van der Waals surface area contributed by atoms with Crippen molar-refractivity contribution >= 4 is 22.6 Å². The molecule has 0 aromatic heterocycles. The zero-order valence-corrected chi connectivity index (χ0v) is 5.94. The maximum atomic E-state index is 4.99. The Morgan fingerprint density at radius 3 is 2.57 bits per heavy atom. The van der Waals surface area contributed by atoms with Gasteiger partial charge in [0.15, 0.2) is 0 Å². The number of hydrogen-bond donors (Lipinski definition) is 0. The van der Waals surface area contributed by atoms with Gasteiger partial charge >= 0.3 is 0 Å². The zero-order chi connectivity index (χ0) is 5.11. The monoisotopic (exact) mass is 208 g/mol. The summed E-state index contributed by atoms with van der Waals surface area (Å²) < 4.78 is 7.76. The van der Waals surface area contributed by atoms with E-state index in [-0.39, 0.29) is 6.10 Å². The van der Waals surface area contributed by atoms with Gasteiger partial charge in [0.1, 0.15) is 6.10 Å². The van der Waals surface area contributed by atoms with Crippen LogP contribution in [0.2, 0.25) is 0 Å². The minimum Gasteiger partial charge on any atom is -0.365 e. The molecule has 1 rings (SSSR count). The SMILES string of the molecule is IC#CC1CCO1. The molecule has 0 saturated carbocycles. The molecular formula is C5H5IO. The fourth-order valence-corrected chi connectivity index (χ4v) is 0.758. The Kier molecular flexibility index (Phi) is 1.95. The van der Waals surface area contributed by atoms with Crippen LogP contribution in [0.5, 0.6) is 0 Å². The molecule has 1 aliphatic heterocycles. The summed E-state index contributed by atoms with van der Waals surface area (Å²) in [5.41, 5.74) is 0. The van der Waals surface area contributed by atoms with Crippen molar-refractivity contribution in [3.63, 3.8) is 0 Å². The van der Waals surface area contributed by atoms with Crippen molar-refractivity contribution in [2.75, 3.05) is 6.61 Å². The smallest absolute Gasteiger partial charge is 0.121 e. The summed E-state index contributed by atoms with van der Waals surface area (Å²) in [5.74, 6) is 2.90. The van der Waals surface area contributed by atoms with Crippen molar-refractivity contribution in [2.24, 2.45) is 0 Å². The summed E-state index contributed by atoms with van der Waals surface area (Å²) in [5, 5.41) is 0. The average Bonchev–Trinajstić information content (AvgIpc) is 1.55. The molecule has 1 heterocycles. The molecule has 1 fully saturated rings.